The maximum Gasteiger partial charge on any atom is 0.326 e. The minimum atomic E-state index is -0.990. The van der Waals surface area contributed by atoms with Crippen molar-refractivity contribution in [2.24, 2.45) is 5.92 Å². The number of carboxylic acids is 1. The summed E-state index contributed by atoms with van der Waals surface area (Å²) in [6.07, 6.45) is 0. The third kappa shape index (κ3) is 1.79. The number of carbonyl (C=O) groups is 2. The summed E-state index contributed by atoms with van der Waals surface area (Å²) < 4.78 is 0. The first-order chi connectivity index (χ1) is 7.91. The van der Waals surface area contributed by atoms with E-state index in [0.717, 1.165) is 11.1 Å². The van der Waals surface area contributed by atoms with Crippen LogP contribution in [0.15, 0.2) is 12.1 Å². The minimum absolute atomic E-state index is 0.0938. The molecule has 0 amide bonds. The molecule has 0 saturated carbocycles. The molecule has 90 valence electrons. The quantitative estimate of drug-likeness (QED) is 0.778. The highest BCUT2D eigenvalue weighted by Gasteiger charge is 2.37. The van der Waals surface area contributed by atoms with Gasteiger partial charge in [0.2, 0.25) is 0 Å². The lowest BCUT2D eigenvalue weighted by Gasteiger charge is -2.29. The van der Waals surface area contributed by atoms with Gasteiger partial charge in [-0.3, -0.25) is 4.79 Å². The molecule has 0 saturated heterocycles. The van der Waals surface area contributed by atoms with Gasteiger partial charge in [0.15, 0.2) is 5.78 Å². The van der Waals surface area contributed by atoms with E-state index in [2.05, 4.69) is 5.32 Å². The molecule has 0 spiro atoms. The van der Waals surface area contributed by atoms with Gasteiger partial charge < -0.3 is 10.4 Å². The number of carboxylic acid groups (broad SMARTS) is 1. The monoisotopic (exact) mass is 233 g/mol. The summed E-state index contributed by atoms with van der Waals surface area (Å²) in [6.45, 7) is 5.45. The molecule has 1 aromatic rings. The molecule has 17 heavy (non-hydrogen) atoms. The van der Waals surface area contributed by atoms with E-state index < -0.39 is 17.9 Å². The van der Waals surface area contributed by atoms with Crippen molar-refractivity contribution in [3.05, 3.63) is 28.8 Å². The summed E-state index contributed by atoms with van der Waals surface area (Å²) in [5.41, 5.74) is 3.17. The minimum Gasteiger partial charge on any atom is -0.480 e. The van der Waals surface area contributed by atoms with E-state index in [4.69, 9.17) is 5.11 Å². The number of hydrogen-bond acceptors (Lipinski definition) is 3. The van der Waals surface area contributed by atoms with Crippen LogP contribution in [-0.2, 0) is 4.79 Å². The topological polar surface area (TPSA) is 66.4 Å². The second-order valence-electron chi connectivity index (χ2n) is 4.62. The van der Waals surface area contributed by atoms with Gasteiger partial charge in [-0.1, -0.05) is 13.0 Å². The number of ketones is 1. The predicted molar refractivity (Wildman–Crippen MR) is 64.5 cm³/mol. The number of fused-ring (bicyclic) bond motifs is 1. The van der Waals surface area contributed by atoms with Gasteiger partial charge in [-0.25, -0.2) is 4.79 Å². The third-order valence-electron chi connectivity index (χ3n) is 3.22. The van der Waals surface area contributed by atoms with Gasteiger partial charge in [-0.2, -0.15) is 0 Å². The van der Waals surface area contributed by atoms with Gasteiger partial charge in [-0.05, 0) is 31.0 Å². The smallest absolute Gasteiger partial charge is 0.326 e. The van der Waals surface area contributed by atoms with Crippen LogP contribution in [0.25, 0.3) is 0 Å². The van der Waals surface area contributed by atoms with E-state index in [0.29, 0.717) is 11.3 Å². The first-order valence-electron chi connectivity index (χ1n) is 5.56. The molecule has 2 atom stereocenters. The molecule has 1 heterocycles. The maximum absolute atomic E-state index is 12.2. The van der Waals surface area contributed by atoms with Crippen LogP contribution in [0.2, 0.25) is 0 Å². The summed E-state index contributed by atoms with van der Waals surface area (Å²) in [5.74, 6) is -1.62. The number of aliphatic carboxylic acids is 1. The van der Waals surface area contributed by atoms with Gasteiger partial charge in [0.25, 0.3) is 0 Å². The first-order valence-corrected chi connectivity index (χ1v) is 5.56. The summed E-state index contributed by atoms with van der Waals surface area (Å²) in [7, 11) is 0. The van der Waals surface area contributed by atoms with Gasteiger partial charge in [0.05, 0.1) is 5.92 Å². The van der Waals surface area contributed by atoms with Crippen molar-refractivity contribution in [1.82, 2.24) is 0 Å². The number of nitrogens with one attached hydrogen (secondary N) is 1. The molecule has 1 aromatic carbocycles. The zero-order valence-electron chi connectivity index (χ0n) is 10.1. The largest absolute Gasteiger partial charge is 0.480 e. The summed E-state index contributed by atoms with van der Waals surface area (Å²) in [6, 6.07) is 2.92. The Morgan fingerprint density at radius 1 is 1.35 bits per heavy atom. The fraction of sp³-hybridized carbons (Fsp3) is 0.385. The average Bonchev–Trinajstić information content (AvgIpc) is 2.21. The first kappa shape index (κ1) is 11.6. The van der Waals surface area contributed by atoms with E-state index in [1.807, 2.05) is 26.0 Å². The van der Waals surface area contributed by atoms with Crippen LogP contribution in [0.5, 0.6) is 0 Å². The third-order valence-corrected chi connectivity index (χ3v) is 3.22. The fourth-order valence-electron chi connectivity index (χ4n) is 2.36. The maximum atomic E-state index is 12.2. The summed E-state index contributed by atoms with van der Waals surface area (Å²) in [5, 5.41) is 12.0. The molecule has 0 unspecified atom stereocenters. The highest BCUT2D eigenvalue weighted by Crippen LogP contribution is 2.31. The number of hydrogen-bond donors (Lipinski definition) is 2. The van der Waals surface area contributed by atoms with Gasteiger partial charge >= 0.3 is 5.97 Å². The van der Waals surface area contributed by atoms with E-state index in [1.54, 1.807) is 6.92 Å². The van der Waals surface area contributed by atoms with Crippen molar-refractivity contribution >= 4 is 17.4 Å². The van der Waals surface area contributed by atoms with Crippen LogP contribution in [-0.4, -0.2) is 22.9 Å². The lowest BCUT2D eigenvalue weighted by Crippen LogP contribution is -2.43. The second kappa shape index (κ2) is 3.87. The Hall–Kier alpha value is -1.84. The van der Waals surface area contributed by atoms with Crippen LogP contribution in [0.3, 0.4) is 0 Å². The highest BCUT2D eigenvalue weighted by atomic mass is 16.4. The molecule has 4 nitrogen and oxygen atoms in total. The zero-order valence-corrected chi connectivity index (χ0v) is 10.1. The Bertz CT molecular complexity index is 508. The Balaban J connectivity index is 2.56. The Labute approximate surface area is 99.6 Å². The number of benzene rings is 1. The van der Waals surface area contributed by atoms with Crippen molar-refractivity contribution in [2.75, 3.05) is 5.32 Å². The fourth-order valence-corrected chi connectivity index (χ4v) is 2.36. The van der Waals surface area contributed by atoms with Crippen molar-refractivity contribution in [2.45, 2.75) is 26.8 Å². The van der Waals surface area contributed by atoms with Crippen molar-refractivity contribution in [3.8, 4) is 0 Å². The van der Waals surface area contributed by atoms with Gasteiger partial charge in [0.1, 0.15) is 6.04 Å². The van der Waals surface area contributed by atoms with Crippen LogP contribution in [0, 0.1) is 19.8 Å². The second-order valence-corrected chi connectivity index (χ2v) is 4.62. The highest BCUT2D eigenvalue weighted by molar-refractivity contribution is 6.09. The van der Waals surface area contributed by atoms with E-state index >= 15 is 0 Å². The summed E-state index contributed by atoms with van der Waals surface area (Å²) in [4.78, 5) is 23.2. The predicted octanol–water partition coefficient (Wildman–Crippen LogP) is 2.00. The van der Waals surface area contributed by atoms with Gasteiger partial charge in [0, 0.05) is 11.3 Å². The molecule has 2 rings (SSSR count). The Kier molecular flexibility index (Phi) is 2.65. The van der Waals surface area contributed by atoms with Crippen LogP contribution in [0.4, 0.5) is 5.69 Å². The number of carbonyl (C=O) groups excluding carboxylic acids is 1. The SMILES string of the molecule is Cc1cc(C)c2c(c1)N[C@@H](C(=O)O)[C@@H](C)C2=O. The lowest BCUT2D eigenvalue weighted by molar-refractivity contribution is -0.138. The standard InChI is InChI=1S/C13H15NO3/c1-6-4-7(2)10-9(5-6)14-11(13(16)17)8(3)12(10)15/h4-5,8,11,14H,1-3H3,(H,16,17)/t8-,11-/m1/s1. The molecule has 0 fully saturated rings. The molecule has 4 heteroatoms. The molecule has 0 aromatic heterocycles. The molecule has 0 radical (unpaired) electrons. The number of aryl methyl sites for hydroxylation is 2. The van der Waals surface area contributed by atoms with Gasteiger partial charge in [-0.15, -0.1) is 0 Å². The van der Waals surface area contributed by atoms with E-state index in [1.165, 1.54) is 0 Å². The average molecular weight is 233 g/mol. The lowest BCUT2D eigenvalue weighted by atomic mass is 9.84. The van der Waals surface area contributed by atoms with Crippen molar-refractivity contribution < 1.29 is 14.7 Å². The molecular weight excluding hydrogens is 218 g/mol. The van der Waals surface area contributed by atoms with E-state index in [-0.39, 0.29) is 5.78 Å². The number of Topliss-reactive ketones (excluding diaryl/α,β-unsaturated/α-hetero) is 1. The van der Waals surface area contributed by atoms with Crippen molar-refractivity contribution in [3.63, 3.8) is 0 Å². The van der Waals surface area contributed by atoms with Crippen LogP contribution < -0.4 is 5.32 Å². The molecule has 1 aliphatic rings. The molecular formula is C13H15NO3. The number of anilines is 1. The van der Waals surface area contributed by atoms with Crippen LogP contribution in [0.1, 0.15) is 28.4 Å². The molecule has 1 aliphatic heterocycles. The van der Waals surface area contributed by atoms with Crippen LogP contribution >= 0.6 is 0 Å². The zero-order chi connectivity index (χ0) is 12.7. The van der Waals surface area contributed by atoms with Crippen molar-refractivity contribution in [1.29, 1.82) is 0 Å². The number of rotatable bonds is 1. The molecule has 0 aliphatic carbocycles. The van der Waals surface area contributed by atoms with E-state index in [9.17, 15) is 9.59 Å². The summed E-state index contributed by atoms with van der Waals surface area (Å²) >= 11 is 0. The Morgan fingerprint density at radius 3 is 2.59 bits per heavy atom. The Morgan fingerprint density at radius 2 is 2.00 bits per heavy atom. The molecule has 2 N–H and O–H groups in total. The molecule has 0 bridgehead atoms. The normalized spacial score (nSPS) is 22.9.